The van der Waals surface area contributed by atoms with Crippen molar-refractivity contribution in [2.75, 3.05) is 59.2 Å². The van der Waals surface area contributed by atoms with Crippen LogP contribution in [0, 0.1) is 0 Å². The Kier molecular flexibility index (Phi) is 9.98. The van der Waals surface area contributed by atoms with Gasteiger partial charge in [0, 0.05) is 37.5 Å². The minimum absolute atomic E-state index is 0.00765. The van der Waals surface area contributed by atoms with Crippen LogP contribution >= 0.6 is 7.67 Å². The molecule has 1 aromatic carbocycles. The van der Waals surface area contributed by atoms with Gasteiger partial charge in [0.1, 0.15) is 12.6 Å². The highest BCUT2D eigenvalue weighted by atomic mass is 31.2. The summed E-state index contributed by atoms with van der Waals surface area (Å²) in [5.74, 6) is -0.0363. The molecule has 2 N–H and O–H groups in total. The van der Waals surface area contributed by atoms with Gasteiger partial charge in [0.2, 0.25) is 0 Å². The van der Waals surface area contributed by atoms with E-state index in [2.05, 4.69) is 30.2 Å². The van der Waals surface area contributed by atoms with Crippen LogP contribution in [0.2, 0.25) is 0 Å². The lowest BCUT2D eigenvalue weighted by Gasteiger charge is -2.43. The van der Waals surface area contributed by atoms with E-state index in [0.29, 0.717) is 42.8 Å². The van der Waals surface area contributed by atoms with Crippen molar-refractivity contribution in [3.05, 3.63) is 81.7 Å². The number of carbonyl (C=O) groups is 1. The zero-order chi connectivity index (χ0) is 34.0. The minimum atomic E-state index is -3.63. The Morgan fingerprint density at radius 3 is 2.50 bits per heavy atom. The van der Waals surface area contributed by atoms with Gasteiger partial charge in [-0.15, -0.1) is 0 Å². The molecule has 17 nitrogen and oxygen atoms in total. The second-order valence-electron chi connectivity index (χ2n) is 11.9. The van der Waals surface area contributed by atoms with Crippen LogP contribution in [0.3, 0.4) is 0 Å². The molecule has 18 heteroatoms. The van der Waals surface area contributed by atoms with E-state index in [1.807, 2.05) is 20.0 Å². The average Bonchev–Trinajstić information content (AvgIpc) is 3.52. The fourth-order valence-electron chi connectivity index (χ4n) is 5.83. The molecule has 6 rings (SSSR count). The Labute approximate surface area is 276 Å². The van der Waals surface area contributed by atoms with Crippen LogP contribution in [0.15, 0.2) is 64.8 Å². The molecule has 5 atom stereocenters. The number of anilines is 1. The van der Waals surface area contributed by atoms with E-state index in [1.165, 1.54) is 23.2 Å². The number of imidazole rings is 1. The van der Waals surface area contributed by atoms with Gasteiger partial charge in [0.25, 0.3) is 11.5 Å². The number of morpholine rings is 2. The maximum atomic E-state index is 14.6. The minimum Gasteiger partial charge on any atom is -0.352 e. The van der Waals surface area contributed by atoms with Crippen LogP contribution in [0.1, 0.15) is 36.2 Å². The van der Waals surface area contributed by atoms with E-state index in [9.17, 15) is 18.9 Å². The summed E-state index contributed by atoms with van der Waals surface area (Å²) in [5, 5.41) is 2.82. The number of likely N-dealkylation sites (N-methyl/N-ethyl adjacent to an activating group) is 1. The van der Waals surface area contributed by atoms with Crippen molar-refractivity contribution in [1.29, 1.82) is 0 Å². The summed E-state index contributed by atoms with van der Waals surface area (Å²) in [7, 11) is 1.68. The molecule has 4 aromatic rings. The number of nitrogens with zero attached hydrogens (tertiary/aromatic N) is 8. The summed E-state index contributed by atoms with van der Waals surface area (Å²) >= 11 is 0. The van der Waals surface area contributed by atoms with Gasteiger partial charge in [-0.1, -0.05) is 25.1 Å². The highest BCUT2D eigenvalue weighted by Gasteiger charge is 2.43. The molecule has 0 spiro atoms. The molecule has 2 unspecified atom stereocenters. The number of aromatic amines is 1. The lowest BCUT2D eigenvalue weighted by Crippen LogP contribution is -2.49. The maximum Gasteiger partial charge on any atom is 0.345 e. The maximum absolute atomic E-state index is 14.6. The highest BCUT2D eigenvalue weighted by Crippen LogP contribution is 2.54. The van der Waals surface area contributed by atoms with Crippen LogP contribution in [0.5, 0.6) is 0 Å². The van der Waals surface area contributed by atoms with Crippen LogP contribution < -0.4 is 16.6 Å². The lowest BCUT2D eigenvalue weighted by atomic mass is 10.2. The van der Waals surface area contributed by atoms with Crippen molar-refractivity contribution in [3.8, 4) is 0 Å². The predicted molar refractivity (Wildman–Crippen MR) is 175 cm³/mol. The molecule has 0 saturated carbocycles. The second-order valence-corrected chi connectivity index (χ2v) is 14.5. The van der Waals surface area contributed by atoms with Gasteiger partial charge in [-0.3, -0.25) is 33.2 Å². The first-order chi connectivity index (χ1) is 23.0. The molecule has 0 radical (unpaired) electrons. The molecule has 2 saturated heterocycles. The number of amides is 1. The Morgan fingerprint density at radius 1 is 1.02 bits per heavy atom. The molecule has 48 heavy (non-hydrogen) atoms. The van der Waals surface area contributed by atoms with Crippen LogP contribution in [-0.2, 0) is 18.6 Å². The molecule has 3 aromatic heterocycles. The topological polar surface area (TPSA) is 182 Å². The zero-order valence-electron chi connectivity index (χ0n) is 27.1. The summed E-state index contributed by atoms with van der Waals surface area (Å²) in [5.41, 5.74) is 0.257. The largest absolute Gasteiger partial charge is 0.352 e. The van der Waals surface area contributed by atoms with E-state index in [0.717, 1.165) is 0 Å². The number of H-pyrrole nitrogens is 1. The molecule has 2 aliphatic rings. The molecule has 256 valence electrons. The monoisotopic (exact) mass is 682 g/mol. The van der Waals surface area contributed by atoms with Gasteiger partial charge in [-0.2, -0.15) is 0 Å². The first-order valence-corrected chi connectivity index (χ1v) is 17.1. The van der Waals surface area contributed by atoms with Gasteiger partial charge in [-0.05, 0) is 39.7 Å². The first kappa shape index (κ1) is 33.8. The number of nitrogens with one attached hydrogen (secondary N) is 2. The van der Waals surface area contributed by atoms with Gasteiger partial charge in [0.05, 0.1) is 31.7 Å². The molecular formula is C30H39N10O7P. The van der Waals surface area contributed by atoms with Gasteiger partial charge < -0.3 is 19.3 Å². The summed E-state index contributed by atoms with van der Waals surface area (Å²) in [4.78, 5) is 54.5. The molecule has 2 aliphatic heterocycles. The number of rotatable bonds is 10. The molecule has 0 bridgehead atoms. The summed E-state index contributed by atoms with van der Waals surface area (Å²) in [6, 6.07) is 10.1. The fourth-order valence-corrected chi connectivity index (χ4v) is 7.83. The Morgan fingerprint density at radius 2 is 1.77 bits per heavy atom. The van der Waals surface area contributed by atoms with Gasteiger partial charge in [0.15, 0.2) is 23.2 Å². The SMILES string of the molecule is CC[C@@H]1CN([P@](=O)(OC[C@@H]2CN(C)CC(n3cnc4c(NC(=O)c5ccccc5)ncnc43)O2)N(C)C)CC(n2ccc(=O)[nH]c2=O)O1. The van der Waals surface area contributed by atoms with Gasteiger partial charge in [-0.25, -0.2) is 29.1 Å². The summed E-state index contributed by atoms with van der Waals surface area (Å²) < 4.78 is 39.8. The number of aromatic nitrogens is 6. The van der Waals surface area contributed by atoms with Crippen molar-refractivity contribution in [2.45, 2.75) is 38.0 Å². The van der Waals surface area contributed by atoms with Crippen molar-refractivity contribution in [2.24, 2.45) is 0 Å². The molecule has 2 fully saturated rings. The average molecular weight is 683 g/mol. The molecule has 1 amide bonds. The van der Waals surface area contributed by atoms with Crippen molar-refractivity contribution < 1.29 is 23.4 Å². The number of hydrogen-bond donors (Lipinski definition) is 2. The van der Waals surface area contributed by atoms with Crippen LogP contribution in [0.25, 0.3) is 11.2 Å². The quantitative estimate of drug-likeness (QED) is 0.231. The Balaban J connectivity index is 1.18. The Hall–Kier alpha value is -4.09. The fraction of sp³-hybridized carbons (Fsp3) is 0.467. The number of benzene rings is 1. The van der Waals surface area contributed by atoms with Gasteiger partial charge >= 0.3 is 13.4 Å². The van der Waals surface area contributed by atoms with Crippen LogP contribution in [0.4, 0.5) is 5.82 Å². The predicted octanol–water partition coefficient (Wildman–Crippen LogP) is 1.75. The van der Waals surface area contributed by atoms with E-state index >= 15 is 0 Å². The van der Waals surface area contributed by atoms with E-state index < -0.39 is 37.5 Å². The van der Waals surface area contributed by atoms with E-state index in [-0.39, 0.29) is 31.0 Å². The highest BCUT2D eigenvalue weighted by molar-refractivity contribution is 7.53. The van der Waals surface area contributed by atoms with Crippen molar-refractivity contribution in [3.63, 3.8) is 0 Å². The first-order valence-electron chi connectivity index (χ1n) is 15.6. The van der Waals surface area contributed by atoms with E-state index in [1.54, 1.807) is 58.6 Å². The normalized spacial score (nSPS) is 23.7. The zero-order valence-corrected chi connectivity index (χ0v) is 28.0. The second kappa shape index (κ2) is 14.2. The number of carbonyl (C=O) groups excluding carboxylic acids is 1. The summed E-state index contributed by atoms with van der Waals surface area (Å²) in [6.45, 7) is 3.39. The number of hydrogen-bond acceptors (Lipinski definition) is 11. The summed E-state index contributed by atoms with van der Waals surface area (Å²) in [6.07, 6.45) is 2.84. The smallest absolute Gasteiger partial charge is 0.345 e. The number of ether oxygens (including phenoxy) is 2. The lowest BCUT2D eigenvalue weighted by molar-refractivity contribution is -0.128. The third-order valence-electron chi connectivity index (χ3n) is 8.31. The molecule has 0 aliphatic carbocycles. The standard InChI is InChI=1S/C30H39N10O7P/c1-5-21-14-38(16-25(46-21)39-12-11-23(41)34-30(39)43)48(44,36(2)3)45-17-22-13-37(4)15-24(47-22)40-19-33-26-27(31-18-32-28(26)40)35-29(42)20-9-7-6-8-10-20/h6-12,18-19,21-22,24-25H,5,13-17H2,1-4H3,(H,34,41,43)(H,31,32,35,42)/t21-,22+,24?,25?,48-/m1/s1. The third-order valence-corrected chi connectivity index (χ3v) is 10.8. The molecule has 5 heterocycles. The number of fused-ring (bicyclic) bond motifs is 1. The van der Waals surface area contributed by atoms with Crippen molar-refractivity contribution in [1.82, 2.24) is 43.3 Å². The van der Waals surface area contributed by atoms with Crippen molar-refractivity contribution >= 4 is 30.6 Å². The molecular weight excluding hydrogens is 643 g/mol. The Bertz CT molecular complexity index is 1910. The van der Waals surface area contributed by atoms with E-state index in [4.69, 9.17) is 14.0 Å². The third kappa shape index (κ3) is 7.03. The van der Waals surface area contributed by atoms with Crippen LogP contribution in [-0.4, -0.2) is 115 Å².